The number of primary amides is 1. The molecule has 0 aromatic heterocycles. The molecule has 1 aliphatic rings. The molecule has 1 fully saturated rings. The molecule has 1 aliphatic heterocycles. The first-order chi connectivity index (χ1) is 9.06. The summed E-state index contributed by atoms with van der Waals surface area (Å²) in [6.07, 6.45) is 2.36. The minimum atomic E-state index is -0.910. The maximum absolute atomic E-state index is 10.9. The largest absolute Gasteiger partial charge is 0.478 e. The van der Waals surface area contributed by atoms with E-state index in [1.54, 1.807) is 12.1 Å². The van der Waals surface area contributed by atoms with Gasteiger partial charge in [0, 0.05) is 25.2 Å². The standard InChI is InChI=1S/C14H18N2O3/c15-13(17)9-10-5-7-16(8-6-10)12-3-1-11(2-4-12)14(18)19/h1-4,10H,5-9H2,(H2,15,17)(H,18,19). The predicted octanol–water partition coefficient (Wildman–Crippen LogP) is 1.48. The predicted molar refractivity (Wildman–Crippen MR) is 72.1 cm³/mol. The Morgan fingerprint density at radius 3 is 2.26 bits per heavy atom. The van der Waals surface area contributed by atoms with Crippen LogP contribution in [-0.2, 0) is 4.79 Å². The molecule has 0 atom stereocenters. The first kappa shape index (κ1) is 13.4. The van der Waals surface area contributed by atoms with Crippen molar-refractivity contribution in [3.05, 3.63) is 29.8 Å². The third-order valence-corrected chi connectivity index (χ3v) is 3.58. The van der Waals surface area contributed by atoms with Crippen molar-refractivity contribution in [2.75, 3.05) is 18.0 Å². The summed E-state index contributed by atoms with van der Waals surface area (Å²) in [6, 6.07) is 6.90. The van der Waals surface area contributed by atoms with E-state index in [1.165, 1.54) is 0 Å². The van der Waals surface area contributed by atoms with Crippen molar-refractivity contribution < 1.29 is 14.7 Å². The fourth-order valence-electron chi connectivity index (χ4n) is 2.49. The lowest BCUT2D eigenvalue weighted by atomic mass is 9.93. The normalized spacial score (nSPS) is 16.3. The zero-order valence-electron chi connectivity index (χ0n) is 10.7. The quantitative estimate of drug-likeness (QED) is 0.860. The summed E-state index contributed by atoms with van der Waals surface area (Å²) >= 11 is 0. The topological polar surface area (TPSA) is 83.6 Å². The molecule has 0 spiro atoms. The SMILES string of the molecule is NC(=O)CC1CCN(c2ccc(C(=O)O)cc2)CC1. The number of benzene rings is 1. The van der Waals surface area contributed by atoms with Crippen molar-refractivity contribution in [2.24, 2.45) is 11.7 Å². The molecule has 0 aliphatic carbocycles. The molecule has 0 unspecified atom stereocenters. The van der Waals surface area contributed by atoms with E-state index in [0.29, 0.717) is 17.9 Å². The van der Waals surface area contributed by atoms with Gasteiger partial charge in [0.1, 0.15) is 0 Å². The summed E-state index contributed by atoms with van der Waals surface area (Å²) in [5, 5.41) is 8.85. The number of carboxylic acid groups (broad SMARTS) is 1. The molecule has 1 aromatic carbocycles. The molecule has 2 rings (SSSR count). The van der Waals surface area contributed by atoms with E-state index in [4.69, 9.17) is 10.8 Å². The fraction of sp³-hybridized carbons (Fsp3) is 0.429. The molecule has 0 radical (unpaired) electrons. The zero-order chi connectivity index (χ0) is 13.8. The number of nitrogens with two attached hydrogens (primary N) is 1. The first-order valence-corrected chi connectivity index (χ1v) is 6.43. The Bertz CT molecular complexity index is 462. The molecule has 5 nitrogen and oxygen atoms in total. The van der Waals surface area contributed by atoms with E-state index < -0.39 is 5.97 Å². The second kappa shape index (κ2) is 5.73. The van der Waals surface area contributed by atoms with Crippen LogP contribution in [0.4, 0.5) is 5.69 Å². The Kier molecular flexibility index (Phi) is 4.04. The minimum absolute atomic E-state index is 0.232. The van der Waals surface area contributed by atoms with Crippen molar-refractivity contribution >= 4 is 17.6 Å². The molecule has 1 heterocycles. The Hall–Kier alpha value is -2.04. The molecule has 19 heavy (non-hydrogen) atoms. The maximum Gasteiger partial charge on any atom is 0.335 e. The van der Waals surface area contributed by atoms with Crippen molar-refractivity contribution in [3.63, 3.8) is 0 Å². The van der Waals surface area contributed by atoms with Gasteiger partial charge in [-0.05, 0) is 43.0 Å². The van der Waals surface area contributed by atoms with Crippen molar-refractivity contribution in [1.82, 2.24) is 0 Å². The molecule has 1 aromatic rings. The Labute approximate surface area is 112 Å². The van der Waals surface area contributed by atoms with Crippen LogP contribution in [0.5, 0.6) is 0 Å². The van der Waals surface area contributed by atoms with Gasteiger partial charge in [0.2, 0.25) is 5.91 Å². The van der Waals surface area contributed by atoms with Gasteiger partial charge in [0.25, 0.3) is 0 Å². The van der Waals surface area contributed by atoms with E-state index in [9.17, 15) is 9.59 Å². The molecule has 0 bridgehead atoms. The van der Waals surface area contributed by atoms with Crippen molar-refractivity contribution in [1.29, 1.82) is 0 Å². The summed E-state index contributed by atoms with van der Waals surface area (Å²) in [7, 11) is 0. The highest BCUT2D eigenvalue weighted by Crippen LogP contribution is 2.25. The Morgan fingerprint density at radius 1 is 1.21 bits per heavy atom. The van der Waals surface area contributed by atoms with Gasteiger partial charge < -0.3 is 15.7 Å². The van der Waals surface area contributed by atoms with E-state index in [-0.39, 0.29) is 5.91 Å². The maximum atomic E-state index is 10.9. The van der Waals surface area contributed by atoms with Gasteiger partial charge >= 0.3 is 5.97 Å². The minimum Gasteiger partial charge on any atom is -0.478 e. The summed E-state index contributed by atoms with van der Waals surface area (Å²) in [6.45, 7) is 1.76. The summed E-state index contributed by atoms with van der Waals surface area (Å²) in [4.78, 5) is 23.9. The smallest absolute Gasteiger partial charge is 0.335 e. The lowest BCUT2D eigenvalue weighted by Gasteiger charge is -2.33. The van der Waals surface area contributed by atoms with Gasteiger partial charge in [-0.25, -0.2) is 4.79 Å². The van der Waals surface area contributed by atoms with Gasteiger partial charge in [-0.1, -0.05) is 0 Å². The number of aromatic carboxylic acids is 1. The van der Waals surface area contributed by atoms with Crippen LogP contribution in [0.1, 0.15) is 29.6 Å². The fourth-order valence-corrected chi connectivity index (χ4v) is 2.49. The zero-order valence-corrected chi connectivity index (χ0v) is 10.7. The highest BCUT2D eigenvalue weighted by atomic mass is 16.4. The van der Waals surface area contributed by atoms with Crippen LogP contribution in [0.15, 0.2) is 24.3 Å². The van der Waals surface area contributed by atoms with Crippen LogP contribution in [-0.4, -0.2) is 30.1 Å². The summed E-state index contributed by atoms with van der Waals surface area (Å²) in [5.74, 6) is -0.761. The third kappa shape index (κ3) is 3.47. The number of carbonyl (C=O) groups is 2. The number of carboxylic acids is 1. The molecule has 1 amide bonds. The highest BCUT2D eigenvalue weighted by molar-refractivity contribution is 5.88. The highest BCUT2D eigenvalue weighted by Gasteiger charge is 2.20. The molecule has 5 heteroatoms. The van der Waals surface area contributed by atoms with Crippen LogP contribution in [0.2, 0.25) is 0 Å². The second-order valence-corrected chi connectivity index (χ2v) is 4.95. The van der Waals surface area contributed by atoms with Crippen LogP contribution in [0.3, 0.4) is 0 Å². The second-order valence-electron chi connectivity index (χ2n) is 4.95. The number of carbonyl (C=O) groups excluding carboxylic acids is 1. The monoisotopic (exact) mass is 262 g/mol. The van der Waals surface area contributed by atoms with Crippen molar-refractivity contribution in [3.8, 4) is 0 Å². The summed E-state index contributed by atoms with van der Waals surface area (Å²) in [5.41, 5.74) is 6.53. The first-order valence-electron chi connectivity index (χ1n) is 6.43. The van der Waals surface area contributed by atoms with E-state index >= 15 is 0 Å². The molecule has 0 saturated carbocycles. The van der Waals surface area contributed by atoms with Gasteiger partial charge in [0.15, 0.2) is 0 Å². The molecule has 1 saturated heterocycles. The number of amides is 1. The number of hydrogen-bond acceptors (Lipinski definition) is 3. The number of hydrogen-bond donors (Lipinski definition) is 2. The van der Waals surface area contributed by atoms with Crippen LogP contribution < -0.4 is 10.6 Å². The average molecular weight is 262 g/mol. The number of anilines is 1. The molecule has 3 N–H and O–H groups in total. The molecule has 102 valence electrons. The van der Waals surface area contributed by atoms with Crippen LogP contribution in [0.25, 0.3) is 0 Å². The van der Waals surface area contributed by atoms with Gasteiger partial charge in [0.05, 0.1) is 5.56 Å². The lowest BCUT2D eigenvalue weighted by Crippen LogP contribution is -2.35. The summed E-state index contributed by atoms with van der Waals surface area (Å²) < 4.78 is 0. The Morgan fingerprint density at radius 2 is 1.79 bits per heavy atom. The number of rotatable bonds is 4. The lowest BCUT2D eigenvalue weighted by molar-refractivity contribution is -0.119. The van der Waals surface area contributed by atoms with E-state index in [1.807, 2.05) is 12.1 Å². The third-order valence-electron chi connectivity index (χ3n) is 3.58. The van der Waals surface area contributed by atoms with Crippen LogP contribution >= 0.6 is 0 Å². The van der Waals surface area contributed by atoms with Gasteiger partial charge in [-0.2, -0.15) is 0 Å². The number of piperidine rings is 1. The average Bonchev–Trinajstić information content (AvgIpc) is 2.39. The van der Waals surface area contributed by atoms with Gasteiger partial charge in [-0.3, -0.25) is 4.79 Å². The Balaban J connectivity index is 1.94. The molecular weight excluding hydrogens is 244 g/mol. The number of nitrogens with zero attached hydrogens (tertiary/aromatic N) is 1. The molecular formula is C14H18N2O3. The van der Waals surface area contributed by atoms with Crippen molar-refractivity contribution in [2.45, 2.75) is 19.3 Å². The van der Waals surface area contributed by atoms with Crippen LogP contribution in [0, 0.1) is 5.92 Å². The van der Waals surface area contributed by atoms with Gasteiger partial charge in [-0.15, -0.1) is 0 Å². The van der Waals surface area contributed by atoms with E-state index in [0.717, 1.165) is 31.6 Å². The van der Waals surface area contributed by atoms with E-state index in [2.05, 4.69) is 4.90 Å².